The number of nitrogens with one attached hydrogen (secondary N) is 2. The lowest BCUT2D eigenvalue weighted by atomic mass is 10.2. The SMILES string of the molecule is O=C(N/N=C\c1cc(Br)ccc1OCc1ccccc1Cl)C(=O)Nc1cccc(Cl)c1. The average molecular weight is 521 g/mol. The third-order valence-electron chi connectivity index (χ3n) is 3.97. The summed E-state index contributed by atoms with van der Waals surface area (Å²) in [7, 11) is 0. The number of ether oxygens (including phenoxy) is 1. The molecule has 0 unspecified atom stereocenters. The van der Waals surface area contributed by atoms with Gasteiger partial charge in [-0.2, -0.15) is 5.10 Å². The van der Waals surface area contributed by atoms with Crippen molar-refractivity contribution < 1.29 is 14.3 Å². The Bertz CT molecular complexity index is 1140. The lowest BCUT2D eigenvalue weighted by Gasteiger charge is -2.10. The second-order valence-electron chi connectivity index (χ2n) is 6.23. The fraction of sp³-hybridized carbons (Fsp3) is 0.0455. The van der Waals surface area contributed by atoms with Gasteiger partial charge in [0.15, 0.2) is 0 Å². The number of carbonyl (C=O) groups excluding carboxylic acids is 2. The van der Waals surface area contributed by atoms with Crippen LogP contribution in [0.25, 0.3) is 0 Å². The van der Waals surface area contributed by atoms with Gasteiger partial charge in [0.1, 0.15) is 12.4 Å². The molecule has 0 heterocycles. The van der Waals surface area contributed by atoms with Gasteiger partial charge in [-0.3, -0.25) is 9.59 Å². The first-order chi connectivity index (χ1) is 14.9. The van der Waals surface area contributed by atoms with Gasteiger partial charge in [0.2, 0.25) is 0 Å². The van der Waals surface area contributed by atoms with E-state index in [1.54, 1.807) is 36.4 Å². The molecule has 3 aromatic rings. The number of rotatable bonds is 6. The number of anilines is 1. The molecule has 0 fully saturated rings. The van der Waals surface area contributed by atoms with Crippen LogP contribution >= 0.6 is 39.1 Å². The fourth-order valence-electron chi connectivity index (χ4n) is 2.49. The van der Waals surface area contributed by atoms with E-state index in [1.165, 1.54) is 12.3 Å². The average Bonchev–Trinajstić information content (AvgIpc) is 2.74. The maximum atomic E-state index is 12.0. The van der Waals surface area contributed by atoms with Crippen LogP contribution in [0.1, 0.15) is 11.1 Å². The van der Waals surface area contributed by atoms with Crippen LogP contribution in [-0.4, -0.2) is 18.0 Å². The van der Waals surface area contributed by atoms with Crippen LogP contribution in [-0.2, 0) is 16.2 Å². The summed E-state index contributed by atoms with van der Waals surface area (Å²) in [6.07, 6.45) is 1.39. The highest BCUT2D eigenvalue weighted by Gasteiger charge is 2.13. The normalized spacial score (nSPS) is 10.7. The van der Waals surface area contributed by atoms with E-state index in [0.29, 0.717) is 27.0 Å². The molecule has 2 amide bonds. The summed E-state index contributed by atoms with van der Waals surface area (Å²) in [5, 5.41) is 7.34. The van der Waals surface area contributed by atoms with Crippen molar-refractivity contribution in [2.24, 2.45) is 5.10 Å². The van der Waals surface area contributed by atoms with Gasteiger partial charge < -0.3 is 10.1 Å². The molecule has 9 heteroatoms. The Hall–Kier alpha value is -2.87. The topological polar surface area (TPSA) is 79.8 Å². The van der Waals surface area contributed by atoms with Crippen molar-refractivity contribution in [2.45, 2.75) is 6.61 Å². The van der Waals surface area contributed by atoms with Gasteiger partial charge >= 0.3 is 11.8 Å². The molecule has 0 aliphatic carbocycles. The Kier molecular flexibility index (Phi) is 8.06. The molecular formula is C22H16BrCl2N3O3. The van der Waals surface area contributed by atoms with Crippen molar-refractivity contribution in [1.29, 1.82) is 0 Å². The van der Waals surface area contributed by atoms with Crippen molar-refractivity contribution in [1.82, 2.24) is 5.43 Å². The van der Waals surface area contributed by atoms with Crippen LogP contribution in [0.15, 0.2) is 76.3 Å². The van der Waals surface area contributed by atoms with E-state index >= 15 is 0 Å². The van der Waals surface area contributed by atoms with Crippen LogP contribution in [0.4, 0.5) is 5.69 Å². The van der Waals surface area contributed by atoms with E-state index in [0.717, 1.165) is 10.0 Å². The summed E-state index contributed by atoms with van der Waals surface area (Å²) in [6, 6.07) is 19.2. The van der Waals surface area contributed by atoms with Crippen LogP contribution in [0.3, 0.4) is 0 Å². The number of amides is 2. The predicted molar refractivity (Wildman–Crippen MR) is 126 cm³/mol. The van der Waals surface area contributed by atoms with Crippen molar-refractivity contribution in [3.63, 3.8) is 0 Å². The van der Waals surface area contributed by atoms with Gasteiger partial charge in [-0.1, -0.05) is 63.4 Å². The number of carbonyl (C=O) groups is 2. The first-order valence-electron chi connectivity index (χ1n) is 8.98. The van der Waals surface area contributed by atoms with E-state index in [1.807, 2.05) is 24.3 Å². The number of nitrogens with zero attached hydrogens (tertiary/aromatic N) is 1. The third kappa shape index (κ3) is 6.82. The van der Waals surface area contributed by atoms with Crippen molar-refractivity contribution in [2.75, 3.05) is 5.32 Å². The minimum absolute atomic E-state index is 0.260. The number of hydrogen-bond donors (Lipinski definition) is 2. The zero-order valence-corrected chi connectivity index (χ0v) is 19.0. The Morgan fingerprint density at radius 2 is 1.81 bits per heavy atom. The highest BCUT2D eigenvalue weighted by molar-refractivity contribution is 9.10. The number of benzene rings is 3. The molecule has 0 aliphatic heterocycles. The number of hydrogen-bond acceptors (Lipinski definition) is 4. The van der Waals surface area contributed by atoms with Gasteiger partial charge in [0.05, 0.1) is 6.21 Å². The minimum atomic E-state index is -0.926. The maximum Gasteiger partial charge on any atom is 0.329 e. The van der Waals surface area contributed by atoms with Crippen LogP contribution < -0.4 is 15.5 Å². The maximum absolute atomic E-state index is 12.0. The largest absolute Gasteiger partial charge is 0.488 e. The molecular weight excluding hydrogens is 505 g/mol. The van der Waals surface area contributed by atoms with E-state index in [9.17, 15) is 9.59 Å². The van der Waals surface area contributed by atoms with Crippen LogP contribution in [0.2, 0.25) is 10.0 Å². The molecule has 31 heavy (non-hydrogen) atoms. The highest BCUT2D eigenvalue weighted by Crippen LogP contribution is 2.24. The lowest BCUT2D eigenvalue weighted by molar-refractivity contribution is -0.136. The highest BCUT2D eigenvalue weighted by atomic mass is 79.9. The standard InChI is InChI=1S/C22H16BrCl2N3O3/c23-16-8-9-20(31-13-14-4-1-2-7-19(14)25)15(10-16)12-26-28-22(30)21(29)27-18-6-3-5-17(24)11-18/h1-12H,13H2,(H,27,29)(H,28,30)/b26-12-. The van der Waals surface area contributed by atoms with Gasteiger partial charge in [-0.05, 0) is 42.5 Å². The molecule has 0 saturated carbocycles. The van der Waals surface area contributed by atoms with Gasteiger partial charge in [0.25, 0.3) is 0 Å². The Balaban J connectivity index is 1.63. The second-order valence-corrected chi connectivity index (χ2v) is 7.99. The summed E-state index contributed by atoms with van der Waals surface area (Å²) in [5.74, 6) is -1.27. The summed E-state index contributed by atoms with van der Waals surface area (Å²) in [6.45, 7) is 0.260. The second kappa shape index (κ2) is 10.9. The first kappa shape index (κ1) is 22.8. The van der Waals surface area contributed by atoms with E-state index in [-0.39, 0.29) is 6.61 Å². The summed E-state index contributed by atoms with van der Waals surface area (Å²) in [5.41, 5.74) is 4.02. The fourth-order valence-corrected chi connectivity index (χ4v) is 3.25. The van der Waals surface area contributed by atoms with Crippen LogP contribution in [0, 0.1) is 0 Å². The van der Waals surface area contributed by atoms with E-state index < -0.39 is 11.8 Å². The van der Waals surface area contributed by atoms with Crippen molar-refractivity contribution in [3.05, 3.63) is 92.4 Å². The van der Waals surface area contributed by atoms with Crippen molar-refractivity contribution >= 4 is 62.8 Å². The third-order valence-corrected chi connectivity index (χ3v) is 5.07. The molecule has 0 bridgehead atoms. The van der Waals surface area contributed by atoms with Gasteiger partial charge in [-0.15, -0.1) is 0 Å². The molecule has 0 aromatic heterocycles. The molecule has 0 atom stereocenters. The van der Waals surface area contributed by atoms with Gasteiger partial charge in [-0.25, -0.2) is 5.43 Å². The van der Waals surface area contributed by atoms with E-state index in [2.05, 4.69) is 31.8 Å². The Labute approximate surface area is 197 Å². The molecule has 6 nitrogen and oxygen atoms in total. The molecule has 158 valence electrons. The summed E-state index contributed by atoms with van der Waals surface area (Å²) >= 11 is 15.4. The lowest BCUT2D eigenvalue weighted by Crippen LogP contribution is -2.32. The quantitative estimate of drug-likeness (QED) is 0.258. The monoisotopic (exact) mass is 519 g/mol. The zero-order valence-electron chi connectivity index (χ0n) is 15.9. The molecule has 0 spiro atoms. The van der Waals surface area contributed by atoms with Crippen LogP contribution in [0.5, 0.6) is 5.75 Å². The van der Waals surface area contributed by atoms with Crippen molar-refractivity contribution in [3.8, 4) is 5.75 Å². The molecule has 3 rings (SSSR count). The molecule has 0 saturated heterocycles. The smallest absolute Gasteiger partial charge is 0.329 e. The number of halogens is 3. The first-order valence-corrected chi connectivity index (χ1v) is 10.5. The Morgan fingerprint density at radius 1 is 1.00 bits per heavy atom. The minimum Gasteiger partial charge on any atom is -0.488 e. The Morgan fingerprint density at radius 3 is 2.58 bits per heavy atom. The van der Waals surface area contributed by atoms with E-state index in [4.69, 9.17) is 27.9 Å². The molecule has 0 radical (unpaired) electrons. The molecule has 0 aliphatic rings. The predicted octanol–water partition coefficient (Wildman–Crippen LogP) is 5.42. The van der Waals surface area contributed by atoms with Gasteiger partial charge in [0, 0.05) is 31.3 Å². The molecule has 3 aromatic carbocycles. The molecule has 2 N–H and O–H groups in total. The number of hydrazone groups is 1. The summed E-state index contributed by atoms with van der Waals surface area (Å²) < 4.78 is 6.65. The summed E-state index contributed by atoms with van der Waals surface area (Å²) in [4.78, 5) is 24.0. The zero-order chi connectivity index (χ0) is 22.2.